The zero-order valence-corrected chi connectivity index (χ0v) is 8.00. The van der Waals surface area contributed by atoms with Crippen molar-refractivity contribution in [1.82, 2.24) is 4.98 Å². The van der Waals surface area contributed by atoms with Crippen molar-refractivity contribution >= 4 is 23.2 Å². The van der Waals surface area contributed by atoms with Crippen LogP contribution in [0, 0.1) is 6.92 Å². The van der Waals surface area contributed by atoms with Crippen molar-refractivity contribution < 1.29 is 0 Å². The number of aromatic nitrogens is 1. The lowest BCUT2D eigenvalue weighted by Crippen LogP contribution is -1.90. The van der Waals surface area contributed by atoms with Crippen molar-refractivity contribution in [3.05, 3.63) is 27.5 Å². The van der Waals surface area contributed by atoms with Gasteiger partial charge in [0.2, 0.25) is 0 Å². The summed E-state index contributed by atoms with van der Waals surface area (Å²) in [6.07, 6.45) is 0.824. The summed E-state index contributed by atoms with van der Waals surface area (Å²) in [5.74, 6) is 0. The molecule has 11 heavy (non-hydrogen) atoms. The standard InChI is InChI=1S/C8H9Cl2N/c1-3-6-7(9)4-5(2)11-8(6)10/h4H,3H2,1-2H3. The van der Waals surface area contributed by atoms with Gasteiger partial charge in [0.1, 0.15) is 5.15 Å². The molecule has 0 radical (unpaired) electrons. The third-order valence-corrected chi connectivity index (χ3v) is 2.15. The Kier molecular flexibility index (Phi) is 2.74. The first-order valence-corrected chi connectivity index (χ1v) is 4.22. The Morgan fingerprint density at radius 1 is 1.45 bits per heavy atom. The van der Waals surface area contributed by atoms with Gasteiger partial charge >= 0.3 is 0 Å². The number of rotatable bonds is 1. The summed E-state index contributed by atoms with van der Waals surface area (Å²) in [5.41, 5.74) is 1.79. The SMILES string of the molecule is CCc1c(Cl)cc(C)nc1Cl. The minimum Gasteiger partial charge on any atom is -0.241 e. The van der Waals surface area contributed by atoms with Gasteiger partial charge in [0.25, 0.3) is 0 Å². The highest BCUT2D eigenvalue weighted by atomic mass is 35.5. The van der Waals surface area contributed by atoms with E-state index in [0.29, 0.717) is 10.2 Å². The van der Waals surface area contributed by atoms with Gasteiger partial charge in [-0.2, -0.15) is 0 Å². The van der Waals surface area contributed by atoms with Gasteiger partial charge in [-0.1, -0.05) is 30.1 Å². The van der Waals surface area contributed by atoms with E-state index in [2.05, 4.69) is 4.98 Å². The molecule has 0 spiro atoms. The van der Waals surface area contributed by atoms with Crippen molar-refractivity contribution in [2.45, 2.75) is 20.3 Å². The van der Waals surface area contributed by atoms with Gasteiger partial charge in [-0.05, 0) is 19.4 Å². The van der Waals surface area contributed by atoms with Crippen LogP contribution >= 0.6 is 23.2 Å². The second kappa shape index (κ2) is 3.42. The summed E-state index contributed by atoms with van der Waals surface area (Å²) in [6.45, 7) is 3.88. The molecular weight excluding hydrogens is 181 g/mol. The molecule has 0 saturated carbocycles. The highest BCUT2D eigenvalue weighted by Gasteiger charge is 2.04. The molecule has 1 heterocycles. The lowest BCUT2D eigenvalue weighted by Gasteiger charge is -2.03. The molecule has 0 aromatic carbocycles. The van der Waals surface area contributed by atoms with Crippen molar-refractivity contribution in [3.63, 3.8) is 0 Å². The number of aryl methyl sites for hydroxylation is 1. The highest BCUT2D eigenvalue weighted by Crippen LogP contribution is 2.23. The molecule has 60 valence electrons. The van der Waals surface area contributed by atoms with Crippen LogP contribution in [0.4, 0.5) is 0 Å². The molecule has 0 N–H and O–H groups in total. The van der Waals surface area contributed by atoms with E-state index in [0.717, 1.165) is 17.7 Å². The molecule has 0 atom stereocenters. The lowest BCUT2D eigenvalue weighted by molar-refractivity contribution is 1.08. The number of hydrogen-bond acceptors (Lipinski definition) is 1. The lowest BCUT2D eigenvalue weighted by atomic mass is 10.2. The van der Waals surface area contributed by atoms with E-state index in [-0.39, 0.29) is 0 Å². The first-order valence-electron chi connectivity index (χ1n) is 3.46. The van der Waals surface area contributed by atoms with E-state index in [1.54, 1.807) is 0 Å². The predicted octanol–water partition coefficient (Wildman–Crippen LogP) is 3.26. The van der Waals surface area contributed by atoms with Gasteiger partial charge < -0.3 is 0 Å². The molecule has 0 saturated heterocycles. The quantitative estimate of drug-likeness (QED) is 0.619. The third kappa shape index (κ3) is 1.85. The van der Waals surface area contributed by atoms with Crippen LogP contribution in [0.5, 0.6) is 0 Å². The van der Waals surface area contributed by atoms with Crippen LogP contribution in [0.3, 0.4) is 0 Å². The second-order valence-corrected chi connectivity index (χ2v) is 3.13. The zero-order valence-electron chi connectivity index (χ0n) is 6.49. The summed E-state index contributed by atoms with van der Waals surface area (Å²) < 4.78 is 0. The zero-order chi connectivity index (χ0) is 8.43. The molecule has 0 amide bonds. The molecule has 0 fully saturated rings. The Labute approximate surface area is 76.4 Å². The average molecular weight is 190 g/mol. The second-order valence-electron chi connectivity index (χ2n) is 2.37. The predicted molar refractivity (Wildman–Crippen MR) is 48.4 cm³/mol. The van der Waals surface area contributed by atoms with Crippen LogP contribution in [0.15, 0.2) is 6.07 Å². The molecule has 0 aliphatic carbocycles. The summed E-state index contributed by atoms with van der Waals surface area (Å²) in [6, 6.07) is 1.83. The van der Waals surface area contributed by atoms with Gasteiger partial charge in [-0.15, -0.1) is 0 Å². The molecule has 1 rings (SSSR count). The Balaban J connectivity index is 3.25. The Morgan fingerprint density at radius 3 is 2.55 bits per heavy atom. The summed E-state index contributed by atoms with van der Waals surface area (Å²) in [5, 5.41) is 1.24. The first-order chi connectivity index (χ1) is 5.15. The molecule has 3 heteroatoms. The van der Waals surface area contributed by atoms with Crippen molar-refractivity contribution in [3.8, 4) is 0 Å². The Morgan fingerprint density at radius 2 is 2.09 bits per heavy atom. The number of halogens is 2. The van der Waals surface area contributed by atoms with Crippen LogP contribution in [-0.2, 0) is 6.42 Å². The number of hydrogen-bond donors (Lipinski definition) is 0. The third-order valence-electron chi connectivity index (χ3n) is 1.50. The molecule has 0 bridgehead atoms. The molecule has 0 aliphatic rings. The smallest absolute Gasteiger partial charge is 0.133 e. The van der Waals surface area contributed by atoms with Crippen molar-refractivity contribution in [2.24, 2.45) is 0 Å². The maximum absolute atomic E-state index is 5.91. The minimum absolute atomic E-state index is 0.525. The van der Waals surface area contributed by atoms with E-state index < -0.39 is 0 Å². The van der Waals surface area contributed by atoms with Crippen LogP contribution < -0.4 is 0 Å². The average Bonchev–Trinajstić information content (AvgIpc) is 1.85. The maximum Gasteiger partial charge on any atom is 0.133 e. The molecular formula is C8H9Cl2N. The van der Waals surface area contributed by atoms with Gasteiger partial charge in [0.05, 0.1) is 0 Å². The van der Waals surface area contributed by atoms with Crippen molar-refractivity contribution in [1.29, 1.82) is 0 Å². The largest absolute Gasteiger partial charge is 0.241 e. The van der Waals surface area contributed by atoms with Crippen LogP contribution in [-0.4, -0.2) is 4.98 Å². The van der Waals surface area contributed by atoms with Gasteiger partial charge in [-0.3, -0.25) is 0 Å². The summed E-state index contributed by atoms with van der Waals surface area (Å²) >= 11 is 11.7. The summed E-state index contributed by atoms with van der Waals surface area (Å²) in [7, 11) is 0. The van der Waals surface area contributed by atoms with Crippen molar-refractivity contribution in [2.75, 3.05) is 0 Å². The van der Waals surface area contributed by atoms with Crippen LogP contribution in [0.1, 0.15) is 18.2 Å². The molecule has 1 aromatic rings. The van der Waals surface area contributed by atoms with Crippen LogP contribution in [0.2, 0.25) is 10.2 Å². The molecule has 1 nitrogen and oxygen atoms in total. The first kappa shape index (κ1) is 8.82. The molecule has 1 aromatic heterocycles. The van der Waals surface area contributed by atoms with Gasteiger partial charge in [-0.25, -0.2) is 4.98 Å². The fourth-order valence-corrected chi connectivity index (χ4v) is 1.74. The van der Waals surface area contributed by atoms with E-state index in [4.69, 9.17) is 23.2 Å². The minimum atomic E-state index is 0.525. The van der Waals surface area contributed by atoms with E-state index >= 15 is 0 Å². The molecule has 0 aliphatic heterocycles. The normalized spacial score (nSPS) is 10.2. The van der Waals surface area contributed by atoms with Gasteiger partial charge in [0.15, 0.2) is 0 Å². The topological polar surface area (TPSA) is 12.9 Å². The Hall–Kier alpha value is -0.270. The highest BCUT2D eigenvalue weighted by molar-refractivity contribution is 6.35. The fraction of sp³-hybridized carbons (Fsp3) is 0.375. The number of pyridine rings is 1. The molecule has 0 unspecified atom stereocenters. The van der Waals surface area contributed by atoms with E-state index in [1.165, 1.54) is 0 Å². The fourth-order valence-electron chi connectivity index (χ4n) is 0.938. The monoisotopic (exact) mass is 189 g/mol. The van der Waals surface area contributed by atoms with E-state index in [9.17, 15) is 0 Å². The Bertz CT molecular complexity index is 248. The number of nitrogens with zero attached hydrogens (tertiary/aromatic N) is 1. The maximum atomic E-state index is 5.91. The van der Waals surface area contributed by atoms with Gasteiger partial charge in [0, 0.05) is 16.3 Å². The summed E-state index contributed by atoms with van der Waals surface area (Å²) in [4.78, 5) is 4.09. The van der Waals surface area contributed by atoms with Crippen LogP contribution in [0.25, 0.3) is 0 Å². The van der Waals surface area contributed by atoms with E-state index in [1.807, 2.05) is 19.9 Å².